The third kappa shape index (κ3) is 4.85. The van der Waals surface area contributed by atoms with E-state index in [1.807, 2.05) is 11.6 Å². The average molecular weight is 435 g/mol. The van der Waals surface area contributed by atoms with Crippen molar-refractivity contribution in [2.24, 2.45) is 0 Å². The molecule has 2 aromatic heterocycles. The van der Waals surface area contributed by atoms with Crippen molar-refractivity contribution in [1.82, 2.24) is 30.6 Å². The summed E-state index contributed by atoms with van der Waals surface area (Å²) in [6.45, 7) is 4.17. The molecule has 1 saturated heterocycles. The lowest BCUT2D eigenvalue weighted by Gasteiger charge is -2.23. The Morgan fingerprint density at radius 2 is 2.03 bits per heavy atom. The van der Waals surface area contributed by atoms with Crippen molar-refractivity contribution < 1.29 is 13.6 Å². The number of hydrogen-bond donors (Lipinski definition) is 2. The molecule has 0 spiro atoms. The van der Waals surface area contributed by atoms with Gasteiger partial charge in [0, 0.05) is 18.5 Å². The van der Waals surface area contributed by atoms with E-state index in [0.717, 1.165) is 31.6 Å². The Labute approximate surface area is 179 Å². The molecule has 0 aliphatic carbocycles. The van der Waals surface area contributed by atoms with Crippen molar-refractivity contribution in [1.29, 1.82) is 0 Å². The number of oxazole rings is 1. The van der Waals surface area contributed by atoms with E-state index in [1.54, 1.807) is 18.4 Å². The van der Waals surface area contributed by atoms with Gasteiger partial charge in [-0.2, -0.15) is 0 Å². The van der Waals surface area contributed by atoms with Gasteiger partial charge < -0.3 is 15.1 Å². The zero-order valence-corrected chi connectivity index (χ0v) is 17.4. The van der Waals surface area contributed by atoms with Gasteiger partial charge in [0.05, 0.1) is 17.4 Å². The second kappa shape index (κ2) is 9.82. The summed E-state index contributed by atoms with van der Waals surface area (Å²) in [4.78, 5) is 16.9. The fraction of sp³-hybridized carbons (Fsp3) is 0.400. The first-order valence-electron chi connectivity index (χ1n) is 9.73. The summed E-state index contributed by atoms with van der Waals surface area (Å²) < 4.78 is 20.3. The van der Waals surface area contributed by atoms with Crippen LogP contribution < -0.4 is 10.6 Å². The van der Waals surface area contributed by atoms with Crippen molar-refractivity contribution >= 4 is 18.3 Å². The first-order chi connectivity index (χ1) is 14.1. The van der Waals surface area contributed by atoms with Crippen LogP contribution in [0.5, 0.6) is 0 Å². The number of halogens is 2. The molecule has 2 N–H and O–H groups in total. The normalized spacial score (nSPS) is 14.3. The number of aromatic nitrogens is 4. The molecule has 8 nitrogen and oxygen atoms in total. The predicted octanol–water partition coefficient (Wildman–Crippen LogP) is 2.70. The second-order valence-corrected chi connectivity index (χ2v) is 7.11. The number of nitrogens with zero attached hydrogens (tertiary/aromatic N) is 4. The van der Waals surface area contributed by atoms with Crippen LogP contribution in [0.25, 0.3) is 11.5 Å². The standard InChI is InChI=1S/C20H23FN6O2.ClH/c1-13-18(25-26-27(13)17-7-9-22-10-8-17)19(28)23-11-6-16-12-29-20(24-16)14-2-4-15(21)5-3-14;/h2-5,12,17,22H,6-11H2,1H3,(H,23,28);1H. The molecule has 1 amide bonds. The number of hydrogen-bond acceptors (Lipinski definition) is 6. The van der Waals surface area contributed by atoms with Crippen LogP contribution in [-0.2, 0) is 6.42 Å². The molecule has 0 bridgehead atoms. The van der Waals surface area contributed by atoms with Gasteiger partial charge >= 0.3 is 0 Å². The highest BCUT2D eigenvalue weighted by Crippen LogP contribution is 2.21. The van der Waals surface area contributed by atoms with Gasteiger partial charge in [-0.25, -0.2) is 14.1 Å². The highest BCUT2D eigenvalue weighted by Gasteiger charge is 2.22. The van der Waals surface area contributed by atoms with Gasteiger partial charge in [-0.15, -0.1) is 17.5 Å². The Bertz CT molecular complexity index is 982. The molecule has 0 radical (unpaired) electrons. The molecule has 0 unspecified atom stereocenters. The van der Waals surface area contributed by atoms with Crippen LogP contribution in [0.3, 0.4) is 0 Å². The molecule has 160 valence electrons. The van der Waals surface area contributed by atoms with Crippen LogP contribution in [0.4, 0.5) is 4.39 Å². The van der Waals surface area contributed by atoms with Crippen molar-refractivity contribution in [3.05, 3.63) is 53.4 Å². The zero-order chi connectivity index (χ0) is 20.2. The molecule has 0 saturated carbocycles. The van der Waals surface area contributed by atoms with Gasteiger partial charge in [-0.3, -0.25) is 4.79 Å². The van der Waals surface area contributed by atoms with Crippen LogP contribution >= 0.6 is 12.4 Å². The lowest BCUT2D eigenvalue weighted by Crippen LogP contribution is -2.30. The number of piperidine rings is 1. The molecule has 1 aromatic carbocycles. The Morgan fingerprint density at radius 3 is 2.77 bits per heavy atom. The fourth-order valence-corrected chi connectivity index (χ4v) is 3.48. The van der Waals surface area contributed by atoms with E-state index in [4.69, 9.17) is 4.42 Å². The zero-order valence-electron chi connectivity index (χ0n) is 16.6. The van der Waals surface area contributed by atoms with Crippen LogP contribution in [0.2, 0.25) is 0 Å². The molecular formula is C20H24ClFN6O2. The van der Waals surface area contributed by atoms with E-state index in [2.05, 4.69) is 25.9 Å². The SMILES string of the molecule is Cc1c(C(=O)NCCc2coc(-c3ccc(F)cc3)n2)nnn1C1CCNCC1.Cl. The van der Waals surface area contributed by atoms with E-state index in [1.165, 1.54) is 12.1 Å². The van der Waals surface area contributed by atoms with Crippen molar-refractivity contribution in [3.8, 4) is 11.5 Å². The molecule has 10 heteroatoms. The molecule has 0 atom stereocenters. The van der Waals surface area contributed by atoms with Crippen LogP contribution in [0.1, 0.15) is 40.8 Å². The van der Waals surface area contributed by atoms with Gasteiger partial charge in [-0.05, 0) is 57.1 Å². The minimum Gasteiger partial charge on any atom is -0.444 e. The molecule has 3 heterocycles. The van der Waals surface area contributed by atoms with Gasteiger partial charge in [0.2, 0.25) is 5.89 Å². The number of carbonyl (C=O) groups excluding carboxylic acids is 1. The Hall–Kier alpha value is -2.78. The molecule has 1 aliphatic heterocycles. The first kappa shape index (κ1) is 21.9. The van der Waals surface area contributed by atoms with Crippen LogP contribution in [0, 0.1) is 12.7 Å². The summed E-state index contributed by atoms with van der Waals surface area (Å²) in [5.74, 6) is -0.132. The number of nitrogens with one attached hydrogen (secondary N) is 2. The third-order valence-corrected chi connectivity index (χ3v) is 5.11. The predicted molar refractivity (Wildman–Crippen MR) is 111 cm³/mol. The minimum atomic E-state index is -0.310. The van der Waals surface area contributed by atoms with E-state index in [0.29, 0.717) is 35.8 Å². The monoisotopic (exact) mass is 434 g/mol. The number of benzene rings is 1. The molecule has 1 fully saturated rings. The largest absolute Gasteiger partial charge is 0.444 e. The van der Waals surface area contributed by atoms with Crippen LogP contribution in [0.15, 0.2) is 34.9 Å². The Balaban J connectivity index is 0.00000256. The van der Waals surface area contributed by atoms with E-state index < -0.39 is 0 Å². The summed E-state index contributed by atoms with van der Waals surface area (Å²) in [6, 6.07) is 6.23. The second-order valence-electron chi connectivity index (χ2n) is 7.11. The number of carbonyl (C=O) groups is 1. The smallest absolute Gasteiger partial charge is 0.273 e. The first-order valence-corrected chi connectivity index (χ1v) is 9.73. The summed E-state index contributed by atoms with van der Waals surface area (Å²) in [6.07, 6.45) is 4.02. The third-order valence-electron chi connectivity index (χ3n) is 5.11. The molecule has 3 aromatic rings. The maximum atomic E-state index is 13.0. The topological polar surface area (TPSA) is 97.9 Å². The summed E-state index contributed by atoms with van der Waals surface area (Å²) in [5, 5.41) is 14.5. The van der Waals surface area contributed by atoms with E-state index in [9.17, 15) is 9.18 Å². The van der Waals surface area contributed by atoms with E-state index in [-0.39, 0.29) is 30.2 Å². The average Bonchev–Trinajstić information content (AvgIpc) is 3.36. The Kier molecular flexibility index (Phi) is 7.17. The lowest BCUT2D eigenvalue weighted by molar-refractivity contribution is 0.0948. The fourth-order valence-electron chi connectivity index (χ4n) is 3.48. The summed E-state index contributed by atoms with van der Waals surface area (Å²) >= 11 is 0. The highest BCUT2D eigenvalue weighted by atomic mass is 35.5. The van der Waals surface area contributed by atoms with Gasteiger partial charge in [-0.1, -0.05) is 5.21 Å². The lowest BCUT2D eigenvalue weighted by atomic mass is 10.1. The minimum absolute atomic E-state index is 0. The number of amides is 1. The molecule has 1 aliphatic rings. The van der Waals surface area contributed by atoms with E-state index >= 15 is 0 Å². The van der Waals surface area contributed by atoms with Crippen LogP contribution in [-0.4, -0.2) is 45.5 Å². The van der Waals surface area contributed by atoms with Crippen molar-refractivity contribution in [2.45, 2.75) is 32.2 Å². The quantitative estimate of drug-likeness (QED) is 0.619. The van der Waals surface area contributed by atoms with Crippen molar-refractivity contribution in [2.75, 3.05) is 19.6 Å². The maximum Gasteiger partial charge on any atom is 0.273 e. The Morgan fingerprint density at radius 1 is 1.30 bits per heavy atom. The van der Waals surface area contributed by atoms with Crippen molar-refractivity contribution in [3.63, 3.8) is 0 Å². The van der Waals surface area contributed by atoms with Gasteiger partial charge in [0.15, 0.2) is 5.69 Å². The maximum absolute atomic E-state index is 13.0. The molecule has 30 heavy (non-hydrogen) atoms. The summed E-state index contributed by atoms with van der Waals surface area (Å²) in [5.41, 5.74) is 2.55. The number of rotatable bonds is 6. The molecule has 4 rings (SSSR count). The summed E-state index contributed by atoms with van der Waals surface area (Å²) in [7, 11) is 0. The van der Waals surface area contributed by atoms with Gasteiger partial charge in [0.25, 0.3) is 5.91 Å². The van der Waals surface area contributed by atoms with Gasteiger partial charge in [0.1, 0.15) is 12.1 Å². The highest BCUT2D eigenvalue weighted by molar-refractivity contribution is 5.93. The molecular weight excluding hydrogens is 411 g/mol.